The molecule has 0 radical (unpaired) electrons. The highest BCUT2D eigenvalue weighted by Crippen LogP contribution is 2.31. The summed E-state index contributed by atoms with van der Waals surface area (Å²) in [5, 5.41) is 10.6. The lowest BCUT2D eigenvalue weighted by Gasteiger charge is -2.24. The van der Waals surface area contributed by atoms with Crippen LogP contribution in [0.1, 0.15) is 36.5 Å². The average Bonchev–Trinajstić information content (AvgIpc) is 2.80. The molecule has 160 valence electrons. The fourth-order valence-electron chi connectivity index (χ4n) is 3.37. The molecule has 1 aromatic carbocycles. The normalized spacial score (nSPS) is 12.1. The molecule has 4 rings (SSSR count). The average molecular weight is 429 g/mol. The lowest BCUT2D eigenvalue weighted by Crippen LogP contribution is -2.22. The highest BCUT2D eigenvalue weighted by atomic mass is 19.1. The number of pyridine rings is 3. The second-order valence-electron chi connectivity index (χ2n) is 7.85. The Labute approximate surface area is 185 Å². The number of hydrogen-bond donors (Lipinski definition) is 1. The standard InChI is InChI=1S/C26H21F2N3O/c1-26(2,22-12-6-10-19(29-22)18-14-15-24(27)31-25(18)28)23-13-7-11-20(30-23)21(32)16-17-8-4-3-5-9-17/h3-16,32H,1-2H3/b21-16-. The van der Waals surface area contributed by atoms with Crippen molar-refractivity contribution in [1.82, 2.24) is 15.0 Å². The zero-order chi connectivity index (χ0) is 22.7. The number of rotatable bonds is 5. The minimum absolute atomic E-state index is 0.0509. The molecule has 0 aliphatic heterocycles. The van der Waals surface area contributed by atoms with Crippen molar-refractivity contribution in [3.8, 4) is 11.3 Å². The molecule has 4 aromatic rings. The van der Waals surface area contributed by atoms with E-state index < -0.39 is 17.3 Å². The van der Waals surface area contributed by atoms with Crippen LogP contribution in [0.15, 0.2) is 78.9 Å². The quantitative estimate of drug-likeness (QED) is 0.303. The van der Waals surface area contributed by atoms with Gasteiger partial charge in [-0.15, -0.1) is 0 Å². The van der Waals surface area contributed by atoms with E-state index in [2.05, 4.69) is 15.0 Å². The van der Waals surface area contributed by atoms with Crippen molar-refractivity contribution in [2.75, 3.05) is 0 Å². The first-order chi connectivity index (χ1) is 15.3. The van der Waals surface area contributed by atoms with Crippen molar-refractivity contribution in [1.29, 1.82) is 0 Å². The Morgan fingerprint density at radius 3 is 2.19 bits per heavy atom. The maximum atomic E-state index is 14.2. The molecule has 0 fully saturated rings. The van der Waals surface area contributed by atoms with Gasteiger partial charge in [-0.3, -0.25) is 4.98 Å². The molecule has 0 bridgehead atoms. The summed E-state index contributed by atoms with van der Waals surface area (Å²) >= 11 is 0. The van der Waals surface area contributed by atoms with E-state index in [-0.39, 0.29) is 11.3 Å². The van der Waals surface area contributed by atoms with Gasteiger partial charge in [0.25, 0.3) is 0 Å². The van der Waals surface area contributed by atoms with Crippen molar-refractivity contribution in [3.05, 3.63) is 113 Å². The molecule has 0 spiro atoms. The minimum atomic E-state index is -0.913. The van der Waals surface area contributed by atoms with E-state index in [4.69, 9.17) is 0 Å². The van der Waals surface area contributed by atoms with Crippen LogP contribution in [0.4, 0.5) is 8.78 Å². The zero-order valence-corrected chi connectivity index (χ0v) is 17.6. The number of benzene rings is 1. The molecule has 1 N–H and O–H groups in total. The number of aliphatic hydroxyl groups excluding tert-OH is 1. The van der Waals surface area contributed by atoms with Crippen molar-refractivity contribution < 1.29 is 13.9 Å². The summed E-state index contributed by atoms with van der Waals surface area (Å²) in [6, 6.07) is 22.5. The molecular formula is C26H21F2N3O. The third-order valence-corrected chi connectivity index (χ3v) is 5.23. The highest BCUT2D eigenvalue weighted by molar-refractivity contribution is 5.74. The molecule has 0 atom stereocenters. The fraction of sp³-hybridized carbons (Fsp3) is 0.115. The Morgan fingerprint density at radius 2 is 1.47 bits per heavy atom. The Balaban J connectivity index is 1.70. The van der Waals surface area contributed by atoms with Crippen molar-refractivity contribution >= 4 is 11.8 Å². The van der Waals surface area contributed by atoms with Gasteiger partial charge in [-0.2, -0.15) is 13.8 Å². The monoisotopic (exact) mass is 429 g/mol. The van der Waals surface area contributed by atoms with E-state index in [1.165, 1.54) is 6.07 Å². The van der Waals surface area contributed by atoms with Crippen LogP contribution in [0.25, 0.3) is 23.1 Å². The SMILES string of the molecule is CC(C)(c1cccc(/C(O)=C/c2ccccc2)n1)c1cccc(-c2ccc(F)nc2F)n1. The van der Waals surface area contributed by atoms with E-state index in [9.17, 15) is 13.9 Å². The number of aromatic nitrogens is 3. The van der Waals surface area contributed by atoms with E-state index in [1.807, 2.05) is 62.4 Å². The maximum Gasteiger partial charge on any atom is 0.224 e. The molecule has 0 aliphatic carbocycles. The summed E-state index contributed by atoms with van der Waals surface area (Å²) in [6.07, 6.45) is 1.66. The Bertz CT molecular complexity index is 1290. The van der Waals surface area contributed by atoms with Crippen LogP contribution in [0, 0.1) is 11.9 Å². The van der Waals surface area contributed by atoms with Crippen molar-refractivity contribution in [3.63, 3.8) is 0 Å². The summed E-state index contributed by atoms with van der Waals surface area (Å²) in [6.45, 7) is 3.89. The second kappa shape index (κ2) is 8.67. The van der Waals surface area contributed by atoms with Gasteiger partial charge in [-0.25, -0.2) is 4.98 Å². The van der Waals surface area contributed by atoms with E-state index in [0.29, 0.717) is 22.8 Å². The molecule has 4 nitrogen and oxygen atoms in total. The third kappa shape index (κ3) is 4.39. The topological polar surface area (TPSA) is 58.9 Å². The lowest BCUT2D eigenvalue weighted by atomic mass is 9.84. The summed E-state index contributed by atoms with van der Waals surface area (Å²) in [4.78, 5) is 12.5. The smallest absolute Gasteiger partial charge is 0.224 e. The molecule has 6 heteroatoms. The highest BCUT2D eigenvalue weighted by Gasteiger charge is 2.27. The first-order valence-corrected chi connectivity index (χ1v) is 10.1. The van der Waals surface area contributed by atoms with Crippen molar-refractivity contribution in [2.24, 2.45) is 0 Å². The fourth-order valence-corrected chi connectivity index (χ4v) is 3.37. The third-order valence-electron chi connectivity index (χ3n) is 5.23. The van der Waals surface area contributed by atoms with E-state index in [0.717, 1.165) is 11.6 Å². The van der Waals surface area contributed by atoms with Gasteiger partial charge >= 0.3 is 0 Å². The summed E-state index contributed by atoms with van der Waals surface area (Å²) in [5.74, 6) is -1.74. The predicted octanol–water partition coefficient (Wildman–Crippen LogP) is 6.20. The maximum absolute atomic E-state index is 14.2. The van der Waals surface area contributed by atoms with Gasteiger partial charge in [0.05, 0.1) is 22.6 Å². The van der Waals surface area contributed by atoms with Crippen molar-refractivity contribution in [2.45, 2.75) is 19.3 Å². The molecule has 0 saturated heterocycles. The minimum Gasteiger partial charge on any atom is -0.506 e. The Morgan fingerprint density at radius 1 is 0.781 bits per heavy atom. The summed E-state index contributed by atoms with van der Waals surface area (Å²) in [5.41, 5.74) is 2.45. The van der Waals surface area contributed by atoms with Gasteiger partial charge in [0.1, 0.15) is 11.5 Å². The number of aliphatic hydroxyl groups is 1. The van der Waals surface area contributed by atoms with E-state index >= 15 is 0 Å². The number of halogens is 2. The molecular weight excluding hydrogens is 408 g/mol. The second-order valence-corrected chi connectivity index (χ2v) is 7.85. The van der Waals surface area contributed by atoms with E-state index in [1.54, 1.807) is 24.3 Å². The summed E-state index contributed by atoms with van der Waals surface area (Å²) < 4.78 is 27.4. The van der Waals surface area contributed by atoms with Gasteiger partial charge in [-0.1, -0.05) is 42.5 Å². The Hall–Kier alpha value is -3.93. The van der Waals surface area contributed by atoms with Gasteiger partial charge in [0.2, 0.25) is 11.9 Å². The predicted molar refractivity (Wildman–Crippen MR) is 121 cm³/mol. The molecule has 0 aliphatic rings. The first kappa shape index (κ1) is 21.3. The van der Waals surface area contributed by atoms with Gasteiger partial charge in [0, 0.05) is 5.41 Å². The molecule has 0 amide bonds. The van der Waals surface area contributed by atoms with Crippen LogP contribution in [0.2, 0.25) is 0 Å². The van der Waals surface area contributed by atoms with Crippen LogP contribution in [-0.2, 0) is 5.41 Å². The van der Waals surface area contributed by atoms with Crippen LogP contribution in [0.3, 0.4) is 0 Å². The first-order valence-electron chi connectivity index (χ1n) is 10.1. The summed E-state index contributed by atoms with van der Waals surface area (Å²) in [7, 11) is 0. The van der Waals surface area contributed by atoms with Crippen LogP contribution in [-0.4, -0.2) is 20.1 Å². The van der Waals surface area contributed by atoms with Crippen LogP contribution < -0.4 is 0 Å². The number of nitrogens with zero attached hydrogens (tertiary/aromatic N) is 3. The van der Waals surface area contributed by atoms with Gasteiger partial charge in [0.15, 0.2) is 0 Å². The van der Waals surface area contributed by atoms with Gasteiger partial charge in [-0.05, 0) is 61.9 Å². The molecule has 32 heavy (non-hydrogen) atoms. The van der Waals surface area contributed by atoms with Crippen LogP contribution in [0.5, 0.6) is 0 Å². The molecule has 0 unspecified atom stereocenters. The molecule has 3 aromatic heterocycles. The van der Waals surface area contributed by atoms with Crippen LogP contribution >= 0.6 is 0 Å². The zero-order valence-electron chi connectivity index (χ0n) is 17.6. The lowest BCUT2D eigenvalue weighted by molar-refractivity contribution is 0.509. The van der Waals surface area contributed by atoms with Gasteiger partial charge < -0.3 is 5.11 Å². The largest absolute Gasteiger partial charge is 0.506 e. The molecule has 3 heterocycles. The molecule has 0 saturated carbocycles. The number of hydrogen-bond acceptors (Lipinski definition) is 4. The Kier molecular flexibility index (Phi) is 5.77.